The Bertz CT molecular complexity index is 763. The molecule has 24 heavy (non-hydrogen) atoms. The van der Waals surface area contributed by atoms with E-state index >= 15 is 0 Å². The second-order valence-electron chi connectivity index (χ2n) is 5.77. The highest BCUT2D eigenvalue weighted by Gasteiger charge is 2.30. The Balaban J connectivity index is 2.11. The van der Waals surface area contributed by atoms with Crippen molar-refractivity contribution in [2.75, 3.05) is 32.3 Å². The average Bonchev–Trinajstić information content (AvgIpc) is 2.59. The lowest BCUT2D eigenvalue weighted by atomic mass is 10.0. The number of benzene rings is 2. The number of carbonyl (C=O) groups excluding carboxylic acids is 1. The molecule has 0 saturated heterocycles. The van der Waals surface area contributed by atoms with Gasteiger partial charge >= 0.3 is 0 Å². The van der Waals surface area contributed by atoms with Gasteiger partial charge in [-0.05, 0) is 43.2 Å². The minimum Gasteiger partial charge on any atom is -0.496 e. The monoisotopic (exact) mass is 327 g/mol. The van der Waals surface area contributed by atoms with Crippen LogP contribution in [0.25, 0.3) is 0 Å². The van der Waals surface area contributed by atoms with Crippen LogP contribution in [-0.2, 0) is 0 Å². The Morgan fingerprint density at radius 3 is 2.42 bits per heavy atom. The Labute approximate surface area is 141 Å². The summed E-state index contributed by atoms with van der Waals surface area (Å²) in [5.74, 6) is 1.58. The number of hydrogen-bond donors (Lipinski definition) is 0. The normalized spacial score (nSPS) is 13.1. The van der Waals surface area contributed by atoms with Crippen LogP contribution in [0.5, 0.6) is 17.2 Å². The number of fused-ring (bicyclic) bond motifs is 1. The fourth-order valence-corrected chi connectivity index (χ4v) is 3.14. The highest BCUT2D eigenvalue weighted by molar-refractivity contribution is 6.11. The first-order chi connectivity index (χ1) is 11.6. The molecular formula is C19H21NO4. The van der Waals surface area contributed by atoms with Crippen molar-refractivity contribution in [1.82, 2.24) is 0 Å². The lowest BCUT2D eigenvalue weighted by molar-refractivity contribution is 0.0970. The second kappa shape index (κ2) is 6.43. The van der Waals surface area contributed by atoms with E-state index in [-0.39, 0.29) is 5.91 Å². The first-order valence-corrected chi connectivity index (χ1v) is 7.83. The molecule has 1 heterocycles. The van der Waals surface area contributed by atoms with E-state index in [0.29, 0.717) is 30.2 Å². The van der Waals surface area contributed by atoms with Crippen molar-refractivity contribution in [3.63, 3.8) is 0 Å². The van der Waals surface area contributed by atoms with Gasteiger partial charge in [-0.2, -0.15) is 0 Å². The molecule has 1 aliphatic rings. The zero-order valence-corrected chi connectivity index (χ0v) is 14.4. The van der Waals surface area contributed by atoms with Crippen LogP contribution in [0.2, 0.25) is 0 Å². The van der Waals surface area contributed by atoms with E-state index < -0.39 is 0 Å². The molecule has 3 rings (SSSR count). The van der Waals surface area contributed by atoms with Crippen LogP contribution in [0.1, 0.15) is 21.5 Å². The predicted molar refractivity (Wildman–Crippen MR) is 92.6 cm³/mol. The molecule has 1 aliphatic heterocycles. The van der Waals surface area contributed by atoms with Gasteiger partial charge in [0.15, 0.2) is 0 Å². The first kappa shape index (κ1) is 16.2. The zero-order valence-electron chi connectivity index (χ0n) is 14.4. The maximum atomic E-state index is 13.3. The van der Waals surface area contributed by atoms with Gasteiger partial charge in [0.25, 0.3) is 5.91 Å². The second-order valence-corrected chi connectivity index (χ2v) is 5.77. The van der Waals surface area contributed by atoms with E-state index in [1.807, 2.05) is 26.0 Å². The van der Waals surface area contributed by atoms with Crippen molar-refractivity contribution < 1.29 is 19.0 Å². The summed E-state index contributed by atoms with van der Waals surface area (Å²) in [7, 11) is 3.10. The van der Waals surface area contributed by atoms with E-state index in [0.717, 1.165) is 22.6 Å². The van der Waals surface area contributed by atoms with Gasteiger partial charge in [0.05, 0.1) is 26.5 Å². The summed E-state index contributed by atoms with van der Waals surface area (Å²) in [4.78, 5) is 15.0. The number of nitrogens with zero attached hydrogens (tertiary/aromatic N) is 1. The maximum Gasteiger partial charge on any atom is 0.266 e. The summed E-state index contributed by atoms with van der Waals surface area (Å²) in [6, 6.07) is 9.34. The molecule has 2 aromatic rings. The molecule has 1 amide bonds. The van der Waals surface area contributed by atoms with Crippen LogP contribution in [0, 0.1) is 13.8 Å². The maximum absolute atomic E-state index is 13.3. The van der Waals surface area contributed by atoms with Crippen molar-refractivity contribution in [2.24, 2.45) is 0 Å². The van der Waals surface area contributed by atoms with Crippen molar-refractivity contribution >= 4 is 11.6 Å². The summed E-state index contributed by atoms with van der Waals surface area (Å²) in [6.45, 7) is 4.94. The van der Waals surface area contributed by atoms with Gasteiger partial charge in [0.2, 0.25) is 0 Å². The van der Waals surface area contributed by atoms with Crippen LogP contribution < -0.4 is 19.1 Å². The number of carbonyl (C=O) groups is 1. The lowest BCUT2D eigenvalue weighted by Crippen LogP contribution is -2.38. The minimum absolute atomic E-state index is 0.152. The molecule has 2 aromatic carbocycles. The molecule has 0 bridgehead atoms. The van der Waals surface area contributed by atoms with Gasteiger partial charge in [-0.25, -0.2) is 0 Å². The zero-order chi connectivity index (χ0) is 17.3. The molecule has 0 atom stereocenters. The number of aryl methyl sites for hydroxylation is 2. The van der Waals surface area contributed by atoms with Gasteiger partial charge in [-0.15, -0.1) is 0 Å². The highest BCUT2D eigenvalue weighted by Crippen LogP contribution is 2.39. The smallest absolute Gasteiger partial charge is 0.266 e. The van der Waals surface area contributed by atoms with Gasteiger partial charge < -0.3 is 19.1 Å². The molecule has 0 aliphatic carbocycles. The van der Waals surface area contributed by atoms with E-state index in [4.69, 9.17) is 14.2 Å². The van der Waals surface area contributed by atoms with Crippen LogP contribution >= 0.6 is 0 Å². The number of rotatable bonds is 3. The van der Waals surface area contributed by atoms with Crippen LogP contribution in [0.3, 0.4) is 0 Å². The largest absolute Gasteiger partial charge is 0.496 e. The topological polar surface area (TPSA) is 48.0 Å². The molecule has 0 saturated carbocycles. The molecule has 0 spiro atoms. The molecule has 0 N–H and O–H groups in total. The molecule has 0 fully saturated rings. The predicted octanol–water partition coefficient (Wildman–Crippen LogP) is 3.36. The summed E-state index contributed by atoms with van der Waals surface area (Å²) in [6.07, 6.45) is 0. The first-order valence-electron chi connectivity index (χ1n) is 7.83. The third-order valence-electron chi connectivity index (χ3n) is 4.14. The van der Waals surface area contributed by atoms with Crippen molar-refractivity contribution in [2.45, 2.75) is 13.8 Å². The van der Waals surface area contributed by atoms with Crippen LogP contribution in [-0.4, -0.2) is 33.3 Å². The third-order valence-corrected chi connectivity index (χ3v) is 4.14. The Hall–Kier alpha value is -2.69. The Kier molecular flexibility index (Phi) is 4.34. The number of ether oxygens (including phenoxy) is 3. The molecule has 5 heteroatoms. The van der Waals surface area contributed by atoms with Crippen LogP contribution in [0.4, 0.5) is 5.69 Å². The summed E-state index contributed by atoms with van der Waals surface area (Å²) in [5, 5.41) is 0. The fraction of sp³-hybridized carbons (Fsp3) is 0.316. The van der Waals surface area contributed by atoms with E-state index in [1.54, 1.807) is 37.3 Å². The molecule has 0 radical (unpaired) electrons. The number of hydrogen-bond acceptors (Lipinski definition) is 4. The molecule has 0 unspecified atom stereocenters. The summed E-state index contributed by atoms with van der Waals surface area (Å²) in [5.41, 5.74) is 3.35. The van der Waals surface area contributed by atoms with Crippen molar-refractivity contribution in [1.29, 1.82) is 0 Å². The molecular weight excluding hydrogens is 306 g/mol. The van der Waals surface area contributed by atoms with Crippen molar-refractivity contribution in [3.8, 4) is 17.2 Å². The Morgan fingerprint density at radius 2 is 1.79 bits per heavy atom. The number of anilines is 1. The minimum atomic E-state index is -0.152. The lowest BCUT2D eigenvalue weighted by Gasteiger charge is -2.32. The van der Waals surface area contributed by atoms with Gasteiger partial charge in [-0.3, -0.25) is 4.79 Å². The van der Waals surface area contributed by atoms with Crippen LogP contribution in [0.15, 0.2) is 30.3 Å². The third kappa shape index (κ3) is 2.66. The number of methoxy groups -OCH3 is 2. The quantitative estimate of drug-likeness (QED) is 0.867. The molecule has 5 nitrogen and oxygen atoms in total. The summed E-state index contributed by atoms with van der Waals surface area (Å²) >= 11 is 0. The van der Waals surface area contributed by atoms with Gasteiger partial charge in [0.1, 0.15) is 29.4 Å². The molecule has 0 aromatic heterocycles. The van der Waals surface area contributed by atoms with E-state index in [9.17, 15) is 4.79 Å². The van der Waals surface area contributed by atoms with E-state index in [2.05, 4.69) is 0 Å². The van der Waals surface area contributed by atoms with Gasteiger partial charge in [0, 0.05) is 0 Å². The SMILES string of the molecule is COc1cccc(OC)c1C(=O)N1CCOc2cc(C)cc(C)c21. The highest BCUT2D eigenvalue weighted by atomic mass is 16.5. The molecule has 126 valence electrons. The van der Waals surface area contributed by atoms with Crippen molar-refractivity contribution in [3.05, 3.63) is 47.0 Å². The fourth-order valence-electron chi connectivity index (χ4n) is 3.14. The Morgan fingerprint density at radius 1 is 1.12 bits per heavy atom. The average molecular weight is 327 g/mol. The standard InChI is InChI=1S/C19H21NO4/c1-12-10-13(2)18-16(11-12)24-9-8-20(18)19(21)17-14(22-3)6-5-7-15(17)23-4/h5-7,10-11H,8-9H2,1-4H3. The van der Waals surface area contributed by atoms with Gasteiger partial charge in [-0.1, -0.05) is 12.1 Å². The number of amides is 1. The summed E-state index contributed by atoms with van der Waals surface area (Å²) < 4.78 is 16.5. The van der Waals surface area contributed by atoms with E-state index in [1.165, 1.54) is 0 Å².